The fourth-order valence-electron chi connectivity index (χ4n) is 2.67. The van der Waals surface area contributed by atoms with Gasteiger partial charge in [0.25, 0.3) is 0 Å². The van der Waals surface area contributed by atoms with Gasteiger partial charge >= 0.3 is 0 Å². The fourth-order valence-corrected chi connectivity index (χ4v) is 2.67. The van der Waals surface area contributed by atoms with E-state index >= 15 is 0 Å². The summed E-state index contributed by atoms with van der Waals surface area (Å²) in [5, 5.41) is 6.93. The van der Waals surface area contributed by atoms with Crippen LogP contribution < -0.4 is 5.32 Å². The first-order valence-corrected chi connectivity index (χ1v) is 8.06. The first-order valence-electron chi connectivity index (χ1n) is 8.06. The molecule has 130 valence electrons. The van der Waals surface area contributed by atoms with E-state index in [-0.39, 0.29) is 18.0 Å². The molecule has 0 aliphatic rings. The van der Waals surface area contributed by atoms with Crippen molar-refractivity contribution in [3.8, 4) is 0 Å². The van der Waals surface area contributed by atoms with Gasteiger partial charge in [-0.1, -0.05) is 19.9 Å². The number of aromatic nitrogens is 2. The highest BCUT2D eigenvalue weighted by molar-refractivity contribution is 5.91. The van der Waals surface area contributed by atoms with Crippen LogP contribution in [0.25, 0.3) is 0 Å². The number of hydrogen-bond donors (Lipinski definition) is 1. The van der Waals surface area contributed by atoms with Crippen LogP contribution in [0.4, 0.5) is 14.5 Å². The van der Waals surface area contributed by atoms with E-state index in [0.717, 1.165) is 29.6 Å². The highest BCUT2D eigenvalue weighted by Gasteiger charge is 2.15. The molecule has 1 heterocycles. The molecule has 0 unspecified atom stereocenters. The third-order valence-corrected chi connectivity index (χ3v) is 3.90. The second kappa shape index (κ2) is 7.55. The molecule has 0 radical (unpaired) electrons. The average molecular weight is 335 g/mol. The van der Waals surface area contributed by atoms with Crippen molar-refractivity contribution in [2.24, 2.45) is 5.92 Å². The van der Waals surface area contributed by atoms with Crippen molar-refractivity contribution < 1.29 is 13.6 Å². The van der Waals surface area contributed by atoms with Crippen LogP contribution in [-0.2, 0) is 17.8 Å². The lowest BCUT2D eigenvalue weighted by molar-refractivity contribution is -0.116. The van der Waals surface area contributed by atoms with Gasteiger partial charge in [0.1, 0.15) is 0 Å². The second-order valence-electron chi connectivity index (χ2n) is 6.37. The van der Waals surface area contributed by atoms with Crippen LogP contribution in [-0.4, -0.2) is 15.7 Å². The molecule has 0 fully saturated rings. The molecular formula is C18H23F2N3O. The van der Waals surface area contributed by atoms with E-state index in [0.29, 0.717) is 12.3 Å². The number of nitrogens with zero attached hydrogens (tertiary/aromatic N) is 2. The predicted molar refractivity (Wildman–Crippen MR) is 89.8 cm³/mol. The van der Waals surface area contributed by atoms with Crippen molar-refractivity contribution in [2.75, 3.05) is 5.32 Å². The Balaban J connectivity index is 2.02. The van der Waals surface area contributed by atoms with Crippen molar-refractivity contribution in [1.29, 1.82) is 0 Å². The summed E-state index contributed by atoms with van der Waals surface area (Å²) in [4.78, 5) is 12.0. The van der Waals surface area contributed by atoms with Gasteiger partial charge in [0.05, 0.1) is 11.4 Å². The third kappa shape index (κ3) is 4.19. The summed E-state index contributed by atoms with van der Waals surface area (Å²) in [5.74, 6) is -1.89. The quantitative estimate of drug-likeness (QED) is 0.867. The van der Waals surface area contributed by atoms with Gasteiger partial charge in [-0.2, -0.15) is 5.10 Å². The number of carbonyl (C=O) groups excluding carboxylic acids is 1. The first kappa shape index (κ1) is 18.1. The minimum atomic E-state index is -1.04. The largest absolute Gasteiger partial charge is 0.323 e. The number of carbonyl (C=O) groups is 1. The summed E-state index contributed by atoms with van der Waals surface area (Å²) >= 11 is 0. The Morgan fingerprint density at radius 3 is 2.67 bits per heavy atom. The smallest absolute Gasteiger partial charge is 0.224 e. The maximum Gasteiger partial charge on any atom is 0.224 e. The lowest BCUT2D eigenvalue weighted by Gasteiger charge is -2.09. The van der Waals surface area contributed by atoms with E-state index in [4.69, 9.17) is 0 Å². The van der Waals surface area contributed by atoms with Crippen LogP contribution in [0, 0.1) is 31.4 Å². The standard InChI is InChI=1S/C18H23F2N3O/c1-11(2)10-23-13(4)14(12(3)22-23)8-9-17(24)21-16-7-5-6-15(19)18(16)20/h5-7,11H,8-10H2,1-4H3,(H,21,24). The molecule has 0 saturated heterocycles. The molecule has 0 saturated carbocycles. The van der Waals surface area contributed by atoms with Gasteiger partial charge in [0.15, 0.2) is 11.6 Å². The van der Waals surface area contributed by atoms with Crippen LogP contribution in [0.5, 0.6) is 0 Å². The van der Waals surface area contributed by atoms with E-state index < -0.39 is 11.6 Å². The Kier molecular flexibility index (Phi) is 5.70. The normalized spacial score (nSPS) is 11.1. The first-order chi connectivity index (χ1) is 11.3. The van der Waals surface area contributed by atoms with Crippen LogP contribution in [0.2, 0.25) is 0 Å². The maximum atomic E-state index is 13.6. The van der Waals surface area contributed by atoms with Crippen molar-refractivity contribution >= 4 is 11.6 Å². The van der Waals surface area contributed by atoms with E-state index in [1.54, 1.807) is 0 Å². The van der Waals surface area contributed by atoms with Gasteiger partial charge in [-0.05, 0) is 43.9 Å². The molecule has 0 spiro atoms. The van der Waals surface area contributed by atoms with Crippen LogP contribution in [0.1, 0.15) is 37.2 Å². The summed E-state index contributed by atoms with van der Waals surface area (Å²) in [6, 6.07) is 3.71. The number of amides is 1. The van der Waals surface area contributed by atoms with Crippen molar-refractivity contribution in [3.05, 3.63) is 46.8 Å². The number of nitrogens with one attached hydrogen (secondary N) is 1. The molecule has 1 amide bonds. The molecule has 24 heavy (non-hydrogen) atoms. The predicted octanol–water partition coefficient (Wildman–Crippen LogP) is 4.01. The highest BCUT2D eigenvalue weighted by atomic mass is 19.2. The minimum Gasteiger partial charge on any atom is -0.323 e. The summed E-state index contributed by atoms with van der Waals surface area (Å²) in [5.41, 5.74) is 2.85. The monoisotopic (exact) mass is 335 g/mol. The van der Waals surface area contributed by atoms with E-state index in [2.05, 4.69) is 24.3 Å². The van der Waals surface area contributed by atoms with Crippen molar-refractivity contribution in [3.63, 3.8) is 0 Å². The lowest BCUT2D eigenvalue weighted by Crippen LogP contribution is -2.14. The molecule has 6 heteroatoms. The second-order valence-corrected chi connectivity index (χ2v) is 6.37. The summed E-state index contributed by atoms with van der Waals surface area (Å²) in [7, 11) is 0. The molecular weight excluding hydrogens is 312 g/mol. The van der Waals surface area contributed by atoms with Gasteiger partial charge in [-0.25, -0.2) is 8.78 Å². The van der Waals surface area contributed by atoms with Crippen molar-refractivity contribution in [2.45, 2.75) is 47.1 Å². The van der Waals surface area contributed by atoms with Crippen LogP contribution in [0.15, 0.2) is 18.2 Å². The van der Waals surface area contributed by atoms with Gasteiger partial charge < -0.3 is 5.32 Å². The zero-order valence-electron chi connectivity index (χ0n) is 14.5. The van der Waals surface area contributed by atoms with Gasteiger partial charge in [-0.3, -0.25) is 9.48 Å². The summed E-state index contributed by atoms with van der Waals surface area (Å²) < 4.78 is 28.7. The van der Waals surface area contributed by atoms with E-state index in [9.17, 15) is 13.6 Å². The SMILES string of the molecule is Cc1nn(CC(C)C)c(C)c1CCC(=O)Nc1cccc(F)c1F. The molecule has 1 aromatic heterocycles. The lowest BCUT2D eigenvalue weighted by atomic mass is 10.1. The van der Waals surface area contributed by atoms with Crippen LogP contribution >= 0.6 is 0 Å². The molecule has 0 atom stereocenters. The topological polar surface area (TPSA) is 46.9 Å². The van der Waals surface area contributed by atoms with Crippen LogP contribution in [0.3, 0.4) is 0 Å². The zero-order chi connectivity index (χ0) is 17.9. The Morgan fingerprint density at radius 2 is 2.00 bits per heavy atom. The summed E-state index contributed by atoms with van der Waals surface area (Å²) in [6.45, 7) is 8.98. The molecule has 2 rings (SSSR count). The van der Waals surface area contributed by atoms with Gasteiger partial charge in [-0.15, -0.1) is 0 Å². The number of halogens is 2. The zero-order valence-corrected chi connectivity index (χ0v) is 14.5. The van der Waals surface area contributed by atoms with Gasteiger partial charge in [0.2, 0.25) is 5.91 Å². The Bertz CT molecular complexity index is 738. The number of hydrogen-bond acceptors (Lipinski definition) is 2. The van der Waals surface area contributed by atoms with E-state index in [1.165, 1.54) is 12.1 Å². The molecule has 1 aromatic carbocycles. The molecule has 4 nitrogen and oxygen atoms in total. The maximum absolute atomic E-state index is 13.6. The Labute approximate surface area is 140 Å². The fraction of sp³-hybridized carbons (Fsp3) is 0.444. The summed E-state index contributed by atoms with van der Waals surface area (Å²) in [6.07, 6.45) is 0.698. The number of benzene rings is 1. The molecule has 2 aromatic rings. The van der Waals surface area contributed by atoms with Crippen molar-refractivity contribution in [1.82, 2.24) is 9.78 Å². The Hall–Kier alpha value is -2.24. The molecule has 0 bridgehead atoms. The number of aryl methyl sites for hydroxylation is 1. The minimum absolute atomic E-state index is 0.135. The number of rotatable bonds is 6. The van der Waals surface area contributed by atoms with Gasteiger partial charge in [0, 0.05) is 18.7 Å². The van der Waals surface area contributed by atoms with E-state index in [1.807, 2.05) is 18.5 Å². The average Bonchev–Trinajstić information content (AvgIpc) is 2.75. The molecule has 0 aliphatic carbocycles. The Morgan fingerprint density at radius 1 is 1.29 bits per heavy atom. The molecule has 0 aliphatic heterocycles. The molecule has 1 N–H and O–H groups in total. The number of anilines is 1. The third-order valence-electron chi connectivity index (χ3n) is 3.90. The highest BCUT2D eigenvalue weighted by Crippen LogP contribution is 2.19.